The first-order valence-corrected chi connectivity index (χ1v) is 44.5. The first-order valence-electron chi connectivity index (χ1n) is 44.5. The van der Waals surface area contributed by atoms with Crippen LogP contribution >= 0.6 is 0 Å². The minimum absolute atomic E-state index is 0.0660. The van der Waals surface area contributed by atoms with E-state index in [-0.39, 0.29) is 10.8 Å². The Bertz CT molecular complexity index is 8780. The van der Waals surface area contributed by atoms with Crippen LogP contribution in [-0.2, 0) is 39.0 Å². The summed E-state index contributed by atoms with van der Waals surface area (Å²) in [5.41, 5.74) is 39.0. The Kier molecular flexibility index (Phi) is 17.1. The lowest BCUT2D eigenvalue weighted by Gasteiger charge is -2.25. The molecule has 0 saturated carbocycles. The Morgan fingerprint density at radius 3 is 1.18 bits per heavy atom. The molecule has 1 unspecified atom stereocenters. The summed E-state index contributed by atoms with van der Waals surface area (Å²) >= 11 is 0. The summed E-state index contributed by atoms with van der Waals surface area (Å²) in [6.45, 7) is 11.8. The number of fused-ring (bicyclic) bond motifs is 34. The Morgan fingerprint density at radius 2 is 0.575 bits per heavy atom. The van der Waals surface area contributed by atoms with Crippen LogP contribution in [0.1, 0.15) is 73.9 Å². The van der Waals surface area contributed by atoms with Gasteiger partial charge >= 0.3 is 0 Å². The molecule has 0 N–H and O–H groups in total. The average Bonchev–Trinajstić information content (AvgIpc) is 1.55. The highest BCUT2D eigenvalue weighted by Crippen LogP contribution is 2.58. The molecule has 0 amide bonds. The van der Waals surface area contributed by atoms with E-state index in [1.165, 1.54) is 225 Å². The lowest BCUT2D eigenvalue weighted by atomic mass is 9.77. The van der Waals surface area contributed by atoms with Crippen molar-refractivity contribution in [3.05, 3.63) is 428 Å². The number of benzene rings is 18. The van der Waals surface area contributed by atoms with Crippen LogP contribution < -0.4 is 0 Å². The molecule has 7 heterocycles. The van der Waals surface area contributed by atoms with E-state index in [0.717, 1.165) is 0 Å². The molecule has 7 nitrogen and oxygen atoms in total. The Labute approximate surface area is 737 Å². The zero-order chi connectivity index (χ0) is 85.4. The molecular formula is C120H93N7. The van der Waals surface area contributed by atoms with Gasteiger partial charge in [-0.1, -0.05) is 320 Å². The number of aryl methyl sites for hydroxylation is 4. The van der Waals surface area contributed by atoms with Gasteiger partial charge in [-0.3, -0.25) is 0 Å². The first-order chi connectivity index (χ1) is 62.2. The van der Waals surface area contributed by atoms with Crippen molar-refractivity contribution in [3.8, 4) is 50.4 Å². The van der Waals surface area contributed by atoms with Crippen LogP contribution in [0.15, 0.2) is 394 Å². The van der Waals surface area contributed by atoms with Gasteiger partial charge in [0.25, 0.3) is 0 Å². The van der Waals surface area contributed by atoms with Crippen molar-refractivity contribution < 1.29 is 0 Å². The molecule has 28 rings (SSSR count). The zero-order valence-corrected chi connectivity index (χ0v) is 72.7. The van der Waals surface area contributed by atoms with Crippen molar-refractivity contribution >= 4 is 153 Å². The number of hydrogen-bond donors (Lipinski definition) is 0. The van der Waals surface area contributed by atoms with Crippen molar-refractivity contribution in [2.75, 3.05) is 0 Å². The Balaban J connectivity index is 0.0000000888. The maximum Gasteiger partial charge on any atom is 0.0641 e. The van der Waals surface area contributed by atoms with Gasteiger partial charge in [0.2, 0.25) is 0 Å². The summed E-state index contributed by atoms with van der Waals surface area (Å²) in [6, 6.07) is 143. The fraction of sp³-hybridized carbons (Fsp3) is 0.100. The Morgan fingerprint density at radius 1 is 0.213 bits per heavy atom. The second-order valence-corrected chi connectivity index (χ2v) is 35.9. The van der Waals surface area contributed by atoms with Crippen LogP contribution in [0, 0.1) is 0 Å². The SMILES string of the molecule is CC1c2ccccc2-c2ccc3c(c21)C(C)(C)c1ccccc1-3.Cn1c2ccccc2c2c1ccc1c3ccccc3n(-c3ccccc3)c12.Cn1c2ccccc2c2c3c4ccccc4n(-c4ccccc4)c3ccc21.Cn1c2ccccc2c2cc3c(cc21)c1ccccc1n3-c1ccccc1.Cn1c2ccccc2c2ccc3c(c21)-c1ccccc1C3(C)C. The van der Waals surface area contributed by atoms with Crippen molar-refractivity contribution in [3.63, 3.8) is 0 Å². The van der Waals surface area contributed by atoms with Gasteiger partial charge in [0.1, 0.15) is 0 Å². The highest BCUT2D eigenvalue weighted by Gasteiger charge is 2.42. The third-order valence-electron chi connectivity index (χ3n) is 28.7. The standard InChI is InChI=1S/3C25H18N2.C23H20.C22H19N/c1-26-21-13-7-6-12-20(21)24-23(26)16-15-19-18-11-5-8-14-22(18)27(25(19)24)17-9-3-2-4-10-17;1-26-22-13-7-5-11-18(22)20-16-25-21(15-24(20)26)19-12-6-8-14-23(19)27(25)17-9-3-2-4-10-17;1-26-20-13-7-5-11-18(20)24-22(26)15-16-23-25(24)19-12-6-8-14-21(19)27(23)17-9-3-2-4-10-17;1-14-15-8-4-5-9-16(15)18-12-13-19-17-10-6-7-11-20(17)23(2,3)22(19)21(14)18;1-22(2)17-10-6-4-9-16(17)20-18(22)13-12-15-14-8-5-7-11-19(14)23(3)21(15)20/h3*2-16H,1H3;4-14H,1-3H3;4-13H,1-3H3. The highest BCUT2D eigenvalue weighted by atomic mass is 15.0. The molecule has 0 radical (unpaired) electrons. The van der Waals surface area contributed by atoms with Gasteiger partial charge in [-0.05, 0) is 170 Å². The molecule has 127 heavy (non-hydrogen) atoms. The summed E-state index contributed by atoms with van der Waals surface area (Å²) in [7, 11) is 8.67. The Hall–Kier alpha value is -15.4. The summed E-state index contributed by atoms with van der Waals surface area (Å²) in [5.74, 6) is 0.477. The summed E-state index contributed by atoms with van der Waals surface area (Å²) < 4.78 is 16.5. The van der Waals surface area contributed by atoms with Crippen LogP contribution in [0.5, 0.6) is 0 Å². The molecule has 3 aliphatic rings. The second kappa shape index (κ2) is 28.8. The third kappa shape index (κ3) is 11.1. The lowest BCUT2D eigenvalue weighted by Crippen LogP contribution is -2.17. The second-order valence-electron chi connectivity index (χ2n) is 35.9. The van der Waals surface area contributed by atoms with Crippen LogP contribution in [0.25, 0.3) is 203 Å². The van der Waals surface area contributed by atoms with E-state index in [4.69, 9.17) is 0 Å². The fourth-order valence-corrected chi connectivity index (χ4v) is 22.9. The predicted molar refractivity (Wildman–Crippen MR) is 539 cm³/mol. The molecule has 7 aromatic heterocycles. The van der Waals surface area contributed by atoms with Crippen molar-refractivity contribution in [1.82, 2.24) is 32.0 Å². The molecule has 0 spiro atoms. The van der Waals surface area contributed by atoms with E-state index in [0.29, 0.717) is 5.92 Å². The number of rotatable bonds is 3. The van der Waals surface area contributed by atoms with Crippen LogP contribution in [0.4, 0.5) is 0 Å². The van der Waals surface area contributed by atoms with E-state index < -0.39 is 0 Å². The first kappa shape index (κ1) is 75.3. The number of hydrogen-bond acceptors (Lipinski definition) is 0. The monoisotopic (exact) mass is 1630 g/mol. The van der Waals surface area contributed by atoms with E-state index in [2.05, 4.69) is 489 Å². The maximum absolute atomic E-state index is 2.42. The van der Waals surface area contributed by atoms with Gasteiger partial charge in [0.15, 0.2) is 0 Å². The van der Waals surface area contributed by atoms with Gasteiger partial charge in [0.05, 0.1) is 44.1 Å². The molecule has 18 aromatic carbocycles. The summed E-state index contributed by atoms with van der Waals surface area (Å²) in [6.07, 6.45) is 0. The quantitative estimate of drug-likeness (QED) is 0.169. The van der Waals surface area contributed by atoms with Gasteiger partial charge < -0.3 is 32.0 Å². The largest absolute Gasteiger partial charge is 0.344 e. The average molecular weight is 1630 g/mol. The lowest BCUT2D eigenvalue weighted by molar-refractivity contribution is 0.648. The molecule has 0 aliphatic heterocycles. The van der Waals surface area contributed by atoms with Gasteiger partial charge in [-0.15, -0.1) is 0 Å². The molecule has 0 bridgehead atoms. The smallest absolute Gasteiger partial charge is 0.0641 e. The van der Waals surface area contributed by atoms with Gasteiger partial charge in [-0.25, -0.2) is 0 Å². The fourth-order valence-electron chi connectivity index (χ4n) is 22.9. The molecule has 1 atom stereocenters. The van der Waals surface area contributed by atoms with Crippen LogP contribution in [-0.4, -0.2) is 32.0 Å². The van der Waals surface area contributed by atoms with Crippen LogP contribution in [0.2, 0.25) is 0 Å². The van der Waals surface area contributed by atoms with Crippen molar-refractivity contribution in [2.45, 2.75) is 51.4 Å². The van der Waals surface area contributed by atoms with E-state index in [9.17, 15) is 0 Å². The molecule has 0 saturated heterocycles. The normalized spacial score (nSPS) is 13.8. The molecule has 608 valence electrons. The topological polar surface area (TPSA) is 34.5 Å². The third-order valence-corrected chi connectivity index (χ3v) is 28.7. The van der Waals surface area contributed by atoms with Crippen LogP contribution in [0.3, 0.4) is 0 Å². The van der Waals surface area contributed by atoms with E-state index >= 15 is 0 Å². The number of para-hydroxylation sites is 10. The minimum atomic E-state index is 0.0660. The minimum Gasteiger partial charge on any atom is -0.344 e. The molecular weight excluding hydrogens is 1540 g/mol. The highest BCUT2D eigenvalue weighted by molar-refractivity contribution is 6.29. The molecule has 3 aliphatic carbocycles. The zero-order valence-electron chi connectivity index (χ0n) is 72.7. The van der Waals surface area contributed by atoms with Gasteiger partial charge in [-0.2, -0.15) is 0 Å². The van der Waals surface area contributed by atoms with E-state index in [1.54, 1.807) is 11.1 Å². The number of aromatic nitrogens is 7. The maximum atomic E-state index is 2.42. The predicted octanol–water partition coefficient (Wildman–Crippen LogP) is 31.0. The number of nitrogens with zero attached hydrogens (tertiary/aromatic N) is 7. The van der Waals surface area contributed by atoms with E-state index in [1.807, 2.05) is 0 Å². The van der Waals surface area contributed by atoms with Crippen molar-refractivity contribution in [2.24, 2.45) is 28.2 Å². The molecule has 25 aromatic rings. The summed E-state index contributed by atoms with van der Waals surface area (Å²) in [4.78, 5) is 0. The molecule has 7 heteroatoms. The van der Waals surface area contributed by atoms with Crippen molar-refractivity contribution in [1.29, 1.82) is 0 Å². The molecule has 0 fully saturated rings. The van der Waals surface area contributed by atoms with Gasteiger partial charge in [0, 0.05) is 176 Å². The summed E-state index contributed by atoms with van der Waals surface area (Å²) in [5, 5.41) is 18.4.